The number of nitrogens with one attached hydrogen (secondary N) is 1. The summed E-state index contributed by atoms with van der Waals surface area (Å²) < 4.78 is 13.4. The van der Waals surface area contributed by atoms with Crippen LogP contribution in [0.1, 0.15) is 31.9 Å². The minimum absolute atomic E-state index is 0.262. The molecule has 0 bridgehead atoms. The van der Waals surface area contributed by atoms with E-state index in [1.54, 1.807) is 6.07 Å². The number of rotatable bonds is 4. The molecule has 0 saturated carbocycles. The summed E-state index contributed by atoms with van der Waals surface area (Å²) in [5.41, 5.74) is 1.04. The van der Waals surface area contributed by atoms with Crippen LogP contribution in [0.2, 0.25) is 0 Å². The van der Waals surface area contributed by atoms with E-state index in [1.807, 2.05) is 6.07 Å². The topological polar surface area (TPSA) is 35.8 Å². The third-order valence-corrected chi connectivity index (χ3v) is 2.79. The molecule has 0 saturated heterocycles. The van der Waals surface area contributed by atoms with Gasteiger partial charge < -0.3 is 5.32 Å². The maximum absolute atomic E-state index is 13.4. The summed E-state index contributed by atoms with van der Waals surface area (Å²) in [5, 5.41) is 12.0. The second-order valence-corrected chi connectivity index (χ2v) is 4.33. The Hall–Kier alpha value is -1.40. The van der Waals surface area contributed by atoms with Gasteiger partial charge in [0, 0.05) is 18.2 Å². The van der Waals surface area contributed by atoms with Gasteiger partial charge in [-0.15, -0.1) is 0 Å². The molecule has 0 amide bonds. The molecule has 1 rings (SSSR count). The number of hydrogen-bond acceptors (Lipinski definition) is 2. The molecule has 0 heterocycles. The first-order chi connectivity index (χ1) is 7.54. The first kappa shape index (κ1) is 12.7. The molecule has 0 aromatic heterocycles. The molecule has 1 N–H and O–H groups in total. The molecule has 0 spiro atoms. The van der Waals surface area contributed by atoms with E-state index in [-0.39, 0.29) is 5.82 Å². The second kappa shape index (κ2) is 5.62. The molecule has 86 valence electrons. The monoisotopic (exact) mass is 220 g/mol. The number of nitriles is 1. The van der Waals surface area contributed by atoms with Crippen LogP contribution in [0, 0.1) is 23.1 Å². The third-order valence-electron chi connectivity index (χ3n) is 2.79. The van der Waals surface area contributed by atoms with Crippen molar-refractivity contribution in [1.29, 1.82) is 5.26 Å². The number of nitrogens with zero attached hydrogens (tertiary/aromatic N) is 1. The lowest BCUT2D eigenvalue weighted by atomic mass is 10.1. The molecular weight excluding hydrogens is 203 g/mol. The van der Waals surface area contributed by atoms with E-state index >= 15 is 0 Å². The van der Waals surface area contributed by atoms with Crippen LogP contribution < -0.4 is 5.32 Å². The van der Waals surface area contributed by atoms with Crippen LogP contribution >= 0.6 is 0 Å². The van der Waals surface area contributed by atoms with Gasteiger partial charge in [0.05, 0.1) is 11.6 Å². The highest BCUT2D eigenvalue weighted by molar-refractivity contribution is 5.33. The fourth-order valence-corrected chi connectivity index (χ4v) is 1.29. The van der Waals surface area contributed by atoms with E-state index in [0.717, 1.165) is 0 Å². The molecule has 2 nitrogen and oxygen atoms in total. The molecule has 0 aliphatic carbocycles. The highest BCUT2D eigenvalue weighted by Crippen LogP contribution is 2.11. The van der Waals surface area contributed by atoms with Crippen LogP contribution in [0.3, 0.4) is 0 Å². The van der Waals surface area contributed by atoms with Crippen molar-refractivity contribution in [2.24, 2.45) is 5.92 Å². The summed E-state index contributed by atoms with van der Waals surface area (Å²) in [5.74, 6) is 0.240. The van der Waals surface area contributed by atoms with E-state index in [0.29, 0.717) is 29.6 Å². The van der Waals surface area contributed by atoms with Crippen LogP contribution in [-0.4, -0.2) is 6.04 Å². The molecule has 16 heavy (non-hydrogen) atoms. The summed E-state index contributed by atoms with van der Waals surface area (Å²) in [7, 11) is 0. The smallest absolute Gasteiger partial charge is 0.127 e. The van der Waals surface area contributed by atoms with Gasteiger partial charge in [0.15, 0.2) is 0 Å². The zero-order chi connectivity index (χ0) is 12.1. The lowest BCUT2D eigenvalue weighted by Gasteiger charge is -2.17. The van der Waals surface area contributed by atoms with Gasteiger partial charge in [0.1, 0.15) is 5.82 Å². The lowest BCUT2D eigenvalue weighted by Crippen LogP contribution is -2.30. The largest absolute Gasteiger partial charge is 0.310 e. The molecule has 0 radical (unpaired) electrons. The van der Waals surface area contributed by atoms with Crippen molar-refractivity contribution in [3.63, 3.8) is 0 Å². The highest BCUT2D eigenvalue weighted by atomic mass is 19.1. The second-order valence-electron chi connectivity index (χ2n) is 4.33. The molecule has 0 aliphatic rings. The SMILES string of the molecule is CC(C)C(C)NCc1cc(C#N)ccc1F. The van der Waals surface area contributed by atoms with Crippen molar-refractivity contribution in [3.05, 3.63) is 35.1 Å². The van der Waals surface area contributed by atoms with E-state index in [2.05, 4.69) is 26.1 Å². The van der Waals surface area contributed by atoms with Gasteiger partial charge >= 0.3 is 0 Å². The summed E-state index contributed by atoms with van der Waals surface area (Å²) in [6, 6.07) is 6.76. The Bertz CT molecular complexity index is 393. The van der Waals surface area contributed by atoms with Crippen molar-refractivity contribution >= 4 is 0 Å². The molecule has 3 heteroatoms. The van der Waals surface area contributed by atoms with Gasteiger partial charge in [-0.05, 0) is 31.0 Å². The predicted molar refractivity (Wildman–Crippen MR) is 62.3 cm³/mol. The Balaban J connectivity index is 2.70. The van der Waals surface area contributed by atoms with E-state index < -0.39 is 0 Å². The predicted octanol–water partition coefficient (Wildman–Crippen LogP) is 2.83. The van der Waals surface area contributed by atoms with Crippen LogP contribution in [0.25, 0.3) is 0 Å². The van der Waals surface area contributed by atoms with E-state index in [9.17, 15) is 4.39 Å². The molecule has 1 aromatic rings. The zero-order valence-electron chi connectivity index (χ0n) is 9.92. The molecule has 0 fully saturated rings. The lowest BCUT2D eigenvalue weighted by molar-refractivity contribution is 0.421. The fourth-order valence-electron chi connectivity index (χ4n) is 1.29. The van der Waals surface area contributed by atoms with Gasteiger partial charge in [-0.1, -0.05) is 13.8 Å². The molecular formula is C13H17FN2. The van der Waals surface area contributed by atoms with Gasteiger partial charge in [0.2, 0.25) is 0 Å². The molecule has 1 unspecified atom stereocenters. The van der Waals surface area contributed by atoms with Crippen molar-refractivity contribution in [2.75, 3.05) is 0 Å². The van der Waals surface area contributed by atoms with E-state index in [1.165, 1.54) is 12.1 Å². The summed E-state index contributed by atoms with van der Waals surface area (Å²) >= 11 is 0. The number of halogens is 1. The van der Waals surface area contributed by atoms with Crippen molar-refractivity contribution in [2.45, 2.75) is 33.4 Å². The van der Waals surface area contributed by atoms with Crippen LogP contribution in [0.5, 0.6) is 0 Å². The highest BCUT2D eigenvalue weighted by Gasteiger charge is 2.08. The standard InChI is InChI=1S/C13H17FN2/c1-9(2)10(3)16-8-12-6-11(7-15)4-5-13(12)14/h4-6,9-10,16H,8H2,1-3H3. The molecule has 1 atom stereocenters. The van der Waals surface area contributed by atoms with Gasteiger partial charge in [-0.25, -0.2) is 4.39 Å². The van der Waals surface area contributed by atoms with Crippen LogP contribution in [0.4, 0.5) is 4.39 Å². The summed E-state index contributed by atoms with van der Waals surface area (Å²) in [6.45, 7) is 6.75. The first-order valence-corrected chi connectivity index (χ1v) is 5.46. The summed E-state index contributed by atoms with van der Waals surface area (Å²) in [6.07, 6.45) is 0. The molecule has 0 aliphatic heterocycles. The third kappa shape index (κ3) is 3.32. The van der Waals surface area contributed by atoms with Gasteiger partial charge in [-0.2, -0.15) is 5.26 Å². The fraction of sp³-hybridized carbons (Fsp3) is 0.462. The average molecular weight is 220 g/mol. The van der Waals surface area contributed by atoms with Crippen LogP contribution in [0.15, 0.2) is 18.2 Å². The van der Waals surface area contributed by atoms with Gasteiger partial charge in [0.25, 0.3) is 0 Å². The average Bonchev–Trinajstić information content (AvgIpc) is 2.27. The summed E-state index contributed by atoms with van der Waals surface area (Å²) in [4.78, 5) is 0. The molecule has 1 aromatic carbocycles. The Morgan fingerprint density at radius 1 is 1.38 bits per heavy atom. The van der Waals surface area contributed by atoms with Crippen molar-refractivity contribution in [1.82, 2.24) is 5.32 Å². The number of hydrogen-bond donors (Lipinski definition) is 1. The normalized spacial score (nSPS) is 12.5. The minimum atomic E-state index is -0.262. The number of benzene rings is 1. The van der Waals surface area contributed by atoms with Crippen LogP contribution in [-0.2, 0) is 6.54 Å². The quantitative estimate of drug-likeness (QED) is 0.847. The van der Waals surface area contributed by atoms with E-state index in [4.69, 9.17) is 5.26 Å². The van der Waals surface area contributed by atoms with Gasteiger partial charge in [-0.3, -0.25) is 0 Å². The van der Waals surface area contributed by atoms with Crippen molar-refractivity contribution in [3.8, 4) is 6.07 Å². The minimum Gasteiger partial charge on any atom is -0.310 e. The Morgan fingerprint density at radius 2 is 2.06 bits per heavy atom. The van der Waals surface area contributed by atoms with Crippen molar-refractivity contribution < 1.29 is 4.39 Å². The zero-order valence-corrected chi connectivity index (χ0v) is 9.92. The Morgan fingerprint density at radius 3 is 2.62 bits per heavy atom. The maximum atomic E-state index is 13.4. The maximum Gasteiger partial charge on any atom is 0.127 e. The first-order valence-electron chi connectivity index (χ1n) is 5.46. The Kier molecular flexibility index (Phi) is 4.45. The Labute approximate surface area is 96.1 Å².